The Kier molecular flexibility index (Phi) is 6.66. The van der Waals surface area contributed by atoms with Crippen LogP contribution in [0.1, 0.15) is 24.5 Å². The molecule has 0 bridgehead atoms. The minimum Gasteiger partial charge on any atom is -0.435 e. The van der Waals surface area contributed by atoms with Crippen molar-refractivity contribution >= 4 is 5.91 Å². The average molecular weight is 285 g/mol. The fourth-order valence-corrected chi connectivity index (χ4v) is 1.55. The highest BCUT2D eigenvalue weighted by Gasteiger charge is 2.11. The summed E-state index contributed by atoms with van der Waals surface area (Å²) in [6, 6.07) is 5.74. The van der Waals surface area contributed by atoms with Crippen molar-refractivity contribution in [2.45, 2.75) is 25.6 Å². The van der Waals surface area contributed by atoms with Crippen molar-refractivity contribution in [3.8, 4) is 5.75 Å². The van der Waals surface area contributed by atoms with Gasteiger partial charge in [0.15, 0.2) is 0 Å². The van der Waals surface area contributed by atoms with E-state index >= 15 is 0 Å². The average Bonchev–Trinajstić information content (AvgIpc) is 2.42. The number of hydrogen-bond donors (Lipinski definition) is 2. The molecule has 1 amide bonds. The van der Waals surface area contributed by atoms with E-state index in [4.69, 9.17) is 0 Å². The van der Waals surface area contributed by atoms with Crippen LogP contribution in [0.5, 0.6) is 5.75 Å². The van der Waals surface area contributed by atoms with Gasteiger partial charge in [-0.2, -0.15) is 8.78 Å². The van der Waals surface area contributed by atoms with Crippen molar-refractivity contribution in [3.05, 3.63) is 42.5 Å². The number of alkyl halides is 2. The molecule has 0 aliphatic rings. The Morgan fingerprint density at radius 3 is 2.90 bits per heavy atom. The highest BCUT2D eigenvalue weighted by Crippen LogP contribution is 2.20. The fourth-order valence-electron chi connectivity index (χ4n) is 1.55. The molecule has 0 spiro atoms. The molecule has 20 heavy (non-hydrogen) atoms. The predicted molar refractivity (Wildman–Crippen MR) is 70.5 cm³/mol. The van der Waals surface area contributed by atoms with Gasteiger partial charge in [-0.1, -0.05) is 18.2 Å². The smallest absolute Gasteiger partial charge is 0.387 e. The van der Waals surface area contributed by atoms with Crippen LogP contribution in [0, 0.1) is 0 Å². The summed E-state index contributed by atoms with van der Waals surface area (Å²) in [5.74, 6) is -0.238. The molecule has 1 aromatic rings. The van der Waals surface area contributed by atoms with Gasteiger partial charge < -0.3 is 15.2 Å². The molecule has 4 nitrogen and oxygen atoms in total. The molecule has 0 aliphatic heterocycles. The lowest BCUT2D eigenvalue weighted by Crippen LogP contribution is -2.28. The lowest BCUT2D eigenvalue weighted by atomic mass is 10.1. The maximum atomic E-state index is 12.1. The van der Waals surface area contributed by atoms with Crippen molar-refractivity contribution in [1.82, 2.24) is 5.32 Å². The van der Waals surface area contributed by atoms with E-state index in [-0.39, 0.29) is 18.2 Å². The van der Waals surface area contributed by atoms with Crippen molar-refractivity contribution in [2.24, 2.45) is 0 Å². The lowest BCUT2D eigenvalue weighted by molar-refractivity contribution is -0.121. The van der Waals surface area contributed by atoms with E-state index in [1.807, 2.05) is 0 Å². The Hall–Kier alpha value is -1.95. The fraction of sp³-hybridized carbons (Fsp3) is 0.357. The number of rotatable bonds is 8. The Bertz CT molecular complexity index is 452. The molecule has 0 saturated carbocycles. The number of aliphatic hydroxyl groups is 1. The van der Waals surface area contributed by atoms with Gasteiger partial charge in [-0.3, -0.25) is 4.79 Å². The van der Waals surface area contributed by atoms with E-state index in [1.165, 1.54) is 18.2 Å². The molecule has 0 fully saturated rings. The van der Waals surface area contributed by atoms with Gasteiger partial charge in [0.2, 0.25) is 5.91 Å². The molecular weight excluding hydrogens is 268 g/mol. The van der Waals surface area contributed by atoms with Gasteiger partial charge in [0.1, 0.15) is 5.75 Å². The van der Waals surface area contributed by atoms with Crippen molar-refractivity contribution < 1.29 is 23.4 Å². The van der Waals surface area contributed by atoms with Crippen LogP contribution in [0.4, 0.5) is 8.78 Å². The van der Waals surface area contributed by atoms with Crippen molar-refractivity contribution in [1.29, 1.82) is 0 Å². The summed E-state index contributed by atoms with van der Waals surface area (Å²) in [7, 11) is 0. The lowest BCUT2D eigenvalue weighted by Gasteiger charge is -2.13. The molecule has 110 valence electrons. The Labute approximate surface area is 116 Å². The monoisotopic (exact) mass is 285 g/mol. The summed E-state index contributed by atoms with van der Waals surface area (Å²) in [5, 5.41) is 12.4. The number of allylic oxidation sites excluding steroid dienone is 1. The van der Waals surface area contributed by atoms with Gasteiger partial charge in [0, 0.05) is 13.0 Å². The molecule has 6 heteroatoms. The number of hydrogen-bond acceptors (Lipinski definition) is 3. The van der Waals surface area contributed by atoms with Crippen LogP contribution in [0.3, 0.4) is 0 Å². The van der Waals surface area contributed by atoms with Crippen LogP contribution in [-0.4, -0.2) is 24.2 Å². The Morgan fingerprint density at radius 2 is 2.25 bits per heavy atom. The quantitative estimate of drug-likeness (QED) is 0.721. The maximum absolute atomic E-state index is 12.1. The first-order valence-corrected chi connectivity index (χ1v) is 6.13. The zero-order valence-electron chi connectivity index (χ0n) is 10.9. The van der Waals surface area contributed by atoms with E-state index in [1.54, 1.807) is 12.1 Å². The third kappa shape index (κ3) is 5.79. The molecule has 1 aromatic carbocycles. The van der Waals surface area contributed by atoms with Crippen LogP contribution < -0.4 is 10.1 Å². The molecule has 0 aliphatic carbocycles. The van der Waals surface area contributed by atoms with Gasteiger partial charge in [-0.05, 0) is 24.1 Å². The maximum Gasteiger partial charge on any atom is 0.387 e. The summed E-state index contributed by atoms with van der Waals surface area (Å²) in [5.41, 5.74) is 0.396. The number of amides is 1. The van der Waals surface area contributed by atoms with E-state index in [9.17, 15) is 18.7 Å². The number of ether oxygens (including phenoxy) is 1. The minimum absolute atomic E-state index is 0.00804. The molecule has 0 radical (unpaired) electrons. The number of aliphatic hydroxyl groups excluding tert-OH is 1. The molecule has 0 heterocycles. The molecule has 0 aromatic heterocycles. The number of halogens is 2. The van der Waals surface area contributed by atoms with Gasteiger partial charge in [0.25, 0.3) is 0 Å². The number of benzene rings is 1. The van der Waals surface area contributed by atoms with E-state index in [0.29, 0.717) is 18.4 Å². The summed E-state index contributed by atoms with van der Waals surface area (Å²) in [4.78, 5) is 11.4. The molecular formula is C14H17F2NO3. The largest absolute Gasteiger partial charge is 0.435 e. The number of carbonyl (C=O) groups is 1. The predicted octanol–water partition coefficient (Wildman–Crippen LogP) is 2.40. The van der Waals surface area contributed by atoms with Gasteiger partial charge >= 0.3 is 6.61 Å². The summed E-state index contributed by atoms with van der Waals surface area (Å²) < 4.78 is 28.4. The zero-order valence-corrected chi connectivity index (χ0v) is 10.9. The Balaban J connectivity index is 2.52. The van der Waals surface area contributed by atoms with E-state index in [0.717, 1.165) is 0 Å². The van der Waals surface area contributed by atoms with E-state index < -0.39 is 12.7 Å². The second-order valence-electron chi connectivity index (χ2n) is 4.10. The summed E-state index contributed by atoms with van der Waals surface area (Å²) in [6.07, 6.45) is 1.50. The first kappa shape index (κ1) is 16.1. The summed E-state index contributed by atoms with van der Waals surface area (Å²) in [6.45, 7) is 0.597. The van der Waals surface area contributed by atoms with E-state index in [2.05, 4.69) is 16.6 Å². The van der Waals surface area contributed by atoms with Gasteiger partial charge in [-0.25, -0.2) is 0 Å². The second-order valence-corrected chi connectivity index (χ2v) is 4.10. The highest BCUT2D eigenvalue weighted by atomic mass is 19.3. The molecule has 0 saturated heterocycles. The van der Waals surface area contributed by atoms with Gasteiger partial charge in [0.05, 0.1) is 6.10 Å². The van der Waals surface area contributed by atoms with Gasteiger partial charge in [-0.15, -0.1) is 6.58 Å². The van der Waals surface area contributed by atoms with Crippen LogP contribution in [0.15, 0.2) is 36.9 Å². The zero-order chi connectivity index (χ0) is 15.0. The van der Waals surface area contributed by atoms with Crippen LogP contribution >= 0.6 is 0 Å². The minimum atomic E-state index is -2.92. The van der Waals surface area contributed by atoms with Crippen molar-refractivity contribution in [2.75, 3.05) is 6.54 Å². The van der Waals surface area contributed by atoms with Crippen LogP contribution in [-0.2, 0) is 4.79 Å². The van der Waals surface area contributed by atoms with Crippen LogP contribution in [0.25, 0.3) is 0 Å². The Morgan fingerprint density at radius 1 is 1.50 bits per heavy atom. The first-order chi connectivity index (χ1) is 9.52. The molecule has 1 rings (SSSR count). The number of nitrogens with one attached hydrogen (secondary N) is 1. The number of carbonyl (C=O) groups excluding carboxylic acids is 1. The SMILES string of the molecule is C=CCCC(=O)NCC(O)c1cccc(OC(F)F)c1. The van der Waals surface area contributed by atoms with Crippen LogP contribution in [0.2, 0.25) is 0 Å². The molecule has 1 atom stereocenters. The first-order valence-electron chi connectivity index (χ1n) is 6.13. The second kappa shape index (κ2) is 8.27. The molecule has 1 unspecified atom stereocenters. The topological polar surface area (TPSA) is 58.6 Å². The standard InChI is InChI=1S/C14H17F2NO3/c1-2-3-7-13(19)17-9-12(18)10-5-4-6-11(8-10)20-14(15)16/h2,4-6,8,12,14,18H,1,3,7,9H2,(H,17,19). The summed E-state index contributed by atoms with van der Waals surface area (Å²) >= 11 is 0. The normalized spacial score (nSPS) is 12.0. The highest BCUT2D eigenvalue weighted by molar-refractivity contribution is 5.76. The van der Waals surface area contributed by atoms with Crippen molar-refractivity contribution in [3.63, 3.8) is 0 Å². The molecule has 2 N–H and O–H groups in total. The third-order valence-electron chi connectivity index (χ3n) is 2.54. The third-order valence-corrected chi connectivity index (χ3v) is 2.54.